The molecule has 0 radical (unpaired) electrons. The summed E-state index contributed by atoms with van der Waals surface area (Å²) in [4.78, 5) is 28.5. The number of aryl methyl sites for hydroxylation is 1. The van der Waals surface area contributed by atoms with Crippen LogP contribution in [0.3, 0.4) is 0 Å². The van der Waals surface area contributed by atoms with E-state index in [4.69, 9.17) is 0 Å². The van der Waals surface area contributed by atoms with Crippen LogP contribution in [0.5, 0.6) is 0 Å². The normalized spacial score (nSPS) is 10.8. The van der Waals surface area contributed by atoms with Crippen molar-refractivity contribution in [2.24, 2.45) is 0 Å². The number of amides is 2. The third-order valence-electron chi connectivity index (χ3n) is 4.70. The lowest BCUT2D eigenvalue weighted by molar-refractivity contribution is -0.114. The summed E-state index contributed by atoms with van der Waals surface area (Å²) < 4.78 is 0. The van der Waals surface area contributed by atoms with Crippen molar-refractivity contribution in [1.82, 2.24) is 10.2 Å². The minimum Gasteiger partial charge on any atom is -0.352 e. The molecule has 0 aromatic heterocycles. The highest BCUT2D eigenvalue weighted by Crippen LogP contribution is 2.34. The number of benzene rings is 2. The van der Waals surface area contributed by atoms with E-state index in [1.54, 1.807) is 17.8 Å². The molecule has 0 fully saturated rings. The first-order chi connectivity index (χ1) is 14.4. The van der Waals surface area contributed by atoms with Crippen LogP contribution in [0.1, 0.15) is 49.0 Å². The van der Waals surface area contributed by atoms with Crippen molar-refractivity contribution >= 4 is 29.3 Å². The number of carbonyl (C=O) groups excluding carboxylic acids is 2. The van der Waals surface area contributed by atoms with Gasteiger partial charge in [-0.05, 0) is 70.2 Å². The first-order valence-corrected chi connectivity index (χ1v) is 11.3. The molecular weight excluding hydrogens is 394 g/mol. The molecule has 0 bridgehead atoms. The lowest BCUT2D eigenvalue weighted by Crippen LogP contribution is -2.28. The summed E-state index contributed by atoms with van der Waals surface area (Å²) >= 11 is 1.56. The van der Waals surface area contributed by atoms with Gasteiger partial charge in [0.2, 0.25) is 5.91 Å². The number of hydrogen-bond acceptors (Lipinski definition) is 4. The molecule has 30 heavy (non-hydrogen) atoms. The average Bonchev–Trinajstić information content (AvgIpc) is 2.72. The molecule has 0 atom stereocenters. The van der Waals surface area contributed by atoms with Crippen LogP contribution in [0.15, 0.2) is 52.3 Å². The van der Waals surface area contributed by atoms with Crippen molar-refractivity contribution in [3.63, 3.8) is 0 Å². The van der Waals surface area contributed by atoms with Crippen LogP contribution in [-0.4, -0.2) is 43.4 Å². The summed E-state index contributed by atoms with van der Waals surface area (Å²) in [7, 11) is 2.11. The molecule has 2 aromatic rings. The molecule has 0 aliphatic rings. The highest BCUT2D eigenvalue weighted by molar-refractivity contribution is 7.99. The van der Waals surface area contributed by atoms with Gasteiger partial charge in [0.1, 0.15) is 0 Å². The topological polar surface area (TPSA) is 61.4 Å². The second-order valence-corrected chi connectivity index (χ2v) is 8.69. The molecule has 2 N–H and O–H groups in total. The third-order valence-corrected chi connectivity index (χ3v) is 5.78. The van der Waals surface area contributed by atoms with Crippen LogP contribution in [0, 0.1) is 6.92 Å². The maximum Gasteiger partial charge on any atom is 0.251 e. The van der Waals surface area contributed by atoms with Gasteiger partial charge in [-0.25, -0.2) is 0 Å². The van der Waals surface area contributed by atoms with Crippen molar-refractivity contribution in [2.45, 2.75) is 49.8 Å². The van der Waals surface area contributed by atoms with Crippen molar-refractivity contribution in [3.05, 3.63) is 53.6 Å². The van der Waals surface area contributed by atoms with Gasteiger partial charge in [0.15, 0.2) is 0 Å². The number of rotatable bonds is 11. The predicted octanol–water partition coefficient (Wildman–Crippen LogP) is 4.96. The summed E-state index contributed by atoms with van der Waals surface area (Å²) in [5.41, 5.74) is 2.40. The largest absolute Gasteiger partial charge is 0.352 e. The summed E-state index contributed by atoms with van der Waals surface area (Å²) in [6.45, 7) is 8.39. The van der Waals surface area contributed by atoms with Crippen LogP contribution >= 0.6 is 11.8 Å². The van der Waals surface area contributed by atoms with E-state index in [9.17, 15) is 9.59 Å². The second-order valence-electron chi connectivity index (χ2n) is 7.57. The highest BCUT2D eigenvalue weighted by atomic mass is 32.2. The van der Waals surface area contributed by atoms with Crippen LogP contribution < -0.4 is 10.6 Å². The number of nitrogens with zero attached hydrogens (tertiary/aromatic N) is 1. The Morgan fingerprint density at radius 3 is 2.40 bits per heavy atom. The fraction of sp³-hybridized carbons (Fsp3) is 0.417. The van der Waals surface area contributed by atoms with Gasteiger partial charge in [0, 0.05) is 28.8 Å². The molecule has 2 amide bonds. The van der Waals surface area contributed by atoms with Gasteiger partial charge in [-0.3, -0.25) is 9.59 Å². The Balaban J connectivity index is 1.99. The molecule has 0 heterocycles. The maximum absolute atomic E-state index is 12.6. The highest BCUT2D eigenvalue weighted by Gasteiger charge is 2.12. The lowest BCUT2D eigenvalue weighted by Gasteiger charge is -2.16. The van der Waals surface area contributed by atoms with Crippen molar-refractivity contribution in [1.29, 1.82) is 0 Å². The molecular formula is C24H33N3O2S. The fourth-order valence-electron chi connectivity index (χ4n) is 2.97. The van der Waals surface area contributed by atoms with Crippen LogP contribution in [0.2, 0.25) is 0 Å². The number of hydrogen-bond donors (Lipinski definition) is 2. The average molecular weight is 428 g/mol. The molecule has 0 saturated heterocycles. The van der Waals surface area contributed by atoms with Crippen molar-refractivity contribution in [3.8, 4) is 0 Å². The molecule has 6 heteroatoms. The quantitative estimate of drug-likeness (QED) is 0.498. The van der Waals surface area contributed by atoms with E-state index in [0.717, 1.165) is 29.3 Å². The Kier molecular flexibility index (Phi) is 9.91. The smallest absolute Gasteiger partial charge is 0.251 e. The van der Waals surface area contributed by atoms with E-state index in [1.807, 2.05) is 19.1 Å². The Bertz CT molecular complexity index is 837. The number of unbranched alkanes of at least 4 members (excludes halogenated alkanes) is 1. The van der Waals surface area contributed by atoms with Gasteiger partial charge >= 0.3 is 0 Å². The Labute approximate surface area is 184 Å². The molecule has 5 nitrogen and oxygen atoms in total. The molecule has 0 spiro atoms. The number of nitrogens with one attached hydrogen (secondary N) is 2. The van der Waals surface area contributed by atoms with Gasteiger partial charge in [-0.1, -0.05) is 42.8 Å². The van der Waals surface area contributed by atoms with Gasteiger partial charge in [-0.15, -0.1) is 0 Å². The van der Waals surface area contributed by atoms with E-state index in [1.165, 1.54) is 25.3 Å². The molecule has 0 aliphatic heterocycles. The van der Waals surface area contributed by atoms with Gasteiger partial charge in [0.05, 0.1) is 5.69 Å². The van der Waals surface area contributed by atoms with Crippen LogP contribution in [0.4, 0.5) is 5.69 Å². The fourth-order valence-corrected chi connectivity index (χ4v) is 3.86. The summed E-state index contributed by atoms with van der Waals surface area (Å²) in [5.74, 6) is -0.280. The number of anilines is 1. The second kappa shape index (κ2) is 12.4. The molecule has 0 saturated carbocycles. The van der Waals surface area contributed by atoms with E-state index in [-0.39, 0.29) is 11.8 Å². The van der Waals surface area contributed by atoms with Crippen molar-refractivity contribution in [2.75, 3.05) is 32.0 Å². The first kappa shape index (κ1) is 24.0. The molecule has 2 aromatic carbocycles. The summed E-state index contributed by atoms with van der Waals surface area (Å²) in [6.07, 6.45) is 3.30. The van der Waals surface area contributed by atoms with Gasteiger partial charge in [0.25, 0.3) is 5.91 Å². The zero-order valence-electron chi connectivity index (χ0n) is 18.5. The zero-order chi connectivity index (χ0) is 21.9. The van der Waals surface area contributed by atoms with E-state index in [0.29, 0.717) is 17.8 Å². The van der Waals surface area contributed by atoms with E-state index < -0.39 is 0 Å². The molecule has 0 aliphatic carbocycles. The van der Waals surface area contributed by atoms with E-state index in [2.05, 4.69) is 53.8 Å². The molecule has 0 unspecified atom stereocenters. The summed E-state index contributed by atoms with van der Waals surface area (Å²) in [5, 5.41) is 5.84. The molecule has 2 rings (SSSR count). The monoisotopic (exact) mass is 427 g/mol. The van der Waals surface area contributed by atoms with Crippen LogP contribution in [-0.2, 0) is 4.79 Å². The van der Waals surface area contributed by atoms with Crippen molar-refractivity contribution < 1.29 is 9.59 Å². The Hall–Kier alpha value is -2.31. The SMILES string of the molecule is CCCCN(C)CCCNC(=O)c1ccc(Sc2ccc(C)cc2)c(NC(C)=O)c1. The van der Waals surface area contributed by atoms with Crippen LogP contribution in [0.25, 0.3) is 0 Å². The third kappa shape index (κ3) is 8.20. The first-order valence-electron chi connectivity index (χ1n) is 10.5. The van der Waals surface area contributed by atoms with Gasteiger partial charge in [-0.2, -0.15) is 0 Å². The Morgan fingerprint density at radius 2 is 1.73 bits per heavy atom. The summed E-state index contributed by atoms with van der Waals surface area (Å²) in [6, 6.07) is 13.7. The Morgan fingerprint density at radius 1 is 1.03 bits per heavy atom. The molecule has 162 valence electrons. The lowest BCUT2D eigenvalue weighted by atomic mass is 10.2. The standard InChI is InChI=1S/C24H33N3O2S/c1-5-6-15-27(4)16-7-14-25-24(29)20-10-13-23(22(17-20)26-19(3)28)30-21-11-8-18(2)9-12-21/h8-13,17H,5-7,14-16H2,1-4H3,(H,25,29)(H,26,28). The zero-order valence-corrected chi connectivity index (χ0v) is 19.3. The minimum atomic E-state index is -0.159. The van der Waals surface area contributed by atoms with Gasteiger partial charge < -0.3 is 15.5 Å². The predicted molar refractivity (Wildman–Crippen MR) is 125 cm³/mol. The minimum absolute atomic E-state index is 0.121. The number of carbonyl (C=O) groups is 2. The van der Waals surface area contributed by atoms with E-state index >= 15 is 0 Å². The maximum atomic E-state index is 12.6.